The third-order valence-corrected chi connectivity index (χ3v) is 3.45. The van der Waals surface area contributed by atoms with Gasteiger partial charge < -0.3 is 15.1 Å². The van der Waals surface area contributed by atoms with E-state index in [2.05, 4.69) is 20.6 Å². The lowest BCUT2D eigenvalue weighted by Gasteiger charge is -2.08. The lowest BCUT2D eigenvalue weighted by Crippen LogP contribution is -2.24. The molecule has 1 amide bonds. The van der Waals surface area contributed by atoms with Gasteiger partial charge in [0.2, 0.25) is 5.95 Å². The summed E-state index contributed by atoms with van der Waals surface area (Å²) in [6.07, 6.45) is 1.59. The zero-order valence-electron chi connectivity index (χ0n) is 13.6. The summed E-state index contributed by atoms with van der Waals surface area (Å²) in [5.41, 5.74) is 1.73. The molecule has 0 aliphatic heterocycles. The van der Waals surface area contributed by atoms with Crippen LogP contribution in [0.15, 0.2) is 53.1 Å². The van der Waals surface area contributed by atoms with E-state index >= 15 is 0 Å². The SMILES string of the molecule is Cc1cc(C(=O)NCc2ccc(F)cc2)nc(NCc2ccco2)n1. The molecule has 0 fully saturated rings. The van der Waals surface area contributed by atoms with Crippen molar-refractivity contribution in [1.29, 1.82) is 0 Å². The molecule has 3 aromatic rings. The van der Waals surface area contributed by atoms with Crippen LogP contribution in [0.3, 0.4) is 0 Å². The molecule has 3 rings (SSSR count). The average Bonchev–Trinajstić information content (AvgIpc) is 3.12. The first kappa shape index (κ1) is 16.6. The Morgan fingerprint density at radius 2 is 1.96 bits per heavy atom. The van der Waals surface area contributed by atoms with Crippen molar-refractivity contribution in [2.45, 2.75) is 20.0 Å². The lowest BCUT2D eigenvalue weighted by atomic mass is 10.2. The minimum Gasteiger partial charge on any atom is -0.467 e. The van der Waals surface area contributed by atoms with Crippen LogP contribution in [0.1, 0.15) is 27.5 Å². The molecule has 2 N–H and O–H groups in total. The summed E-state index contributed by atoms with van der Waals surface area (Å²) in [5.74, 6) is 0.459. The van der Waals surface area contributed by atoms with E-state index in [1.54, 1.807) is 37.5 Å². The number of aromatic nitrogens is 2. The highest BCUT2D eigenvalue weighted by Gasteiger charge is 2.11. The Morgan fingerprint density at radius 1 is 1.16 bits per heavy atom. The quantitative estimate of drug-likeness (QED) is 0.721. The van der Waals surface area contributed by atoms with Gasteiger partial charge in [0.25, 0.3) is 5.91 Å². The minimum absolute atomic E-state index is 0.261. The zero-order valence-corrected chi connectivity index (χ0v) is 13.6. The maximum atomic E-state index is 12.9. The van der Waals surface area contributed by atoms with Crippen molar-refractivity contribution in [1.82, 2.24) is 15.3 Å². The van der Waals surface area contributed by atoms with Crippen LogP contribution in [0.25, 0.3) is 0 Å². The predicted octanol–water partition coefficient (Wildman–Crippen LogP) is 3.06. The van der Waals surface area contributed by atoms with Gasteiger partial charge in [-0.05, 0) is 42.8 Å². The number of hydrogen-bond donors (Lipinski definition) is 2. The molecule has 6 nitrogen and oxygen atoms in total. The monoisotopic (exact) mass is 340 g/mol. The Bertz CT molecular complexity index is 848. The molecular formula is C18H17FN4O2. The number of furan rings is 1. The van der Waals surface area contributed by atoms with Crippen LogP contribution in [0.5, 0.6) is 0 Å². The Hall–Kier alpha value is -3.22. The summed E-state index contributed by atoms with van der Waals surface area (Å²) >= 11 is 0. The number of amides is 1. The van der Waals surface area contributed by atoms with Gasteiger partial charge >= 0.3 is 0 Å². The molecule has 0 atom stereocenters. The van der Waals surface area contributed by atoms with E-state index in [1.165, 1.54) is 12.1 Å². The largest absolute Gasteiger partial charge is 0.467 e. The van der Waals surface area contributed by atoms with Crippen molar-refractivity contribution in [2.24, 2.45) is 0 Å². The molecule has 2 heterocycles. The molecule has 25 heavy (non-hydrogen) atoms. The summed E-state index contributed by atoms with van der Waals surface area (Å²) in [6.45, 7) is 2.50. The second kappa shape index (κ2) is 7.57. The Morgan fingerprint density at radius 3 is 2.68 bits per heavy atom. The summed E-state index contributed by atoms with van der Waals surface area (Å²) in [7, 11) is 0. The first-order chi connectivity index (χ1) is 12.1. The molecule has 1 aromatic carbocycles. The van der Waals surface area contributed by atoms with Gasteiger partial charge in [0, 0.05) is 12.2 Å². The molecule has 0 spiro atoms. The maximum absolute atomic E-state index is 12.9. The summed E-state index contributed by atoms with van der Waals surface area (Å²) < 4.78 is 18.1. The zero-order chi connectivity index (χ0) is 17.6. The van der Waals surface area contributed by atoms with Crippen molar-refractivity contribution in [3.63, 3.8) is 0 Å². The third-order valence-electron chi connectivity index (χ3n) is 3.45. The van der Waals surface area contributed by atoms with Gasteiger partial charge in [-0.1, -0.05) is 12.1 Å². The van der Waals surface area contributed by atoms with Gasteiger partial charge in [-0.2, -0.15) is 0 Å². The predicted molar refractivity (Wildman–Crippen MR) is 90.4 cm³/mol. The lowest BCUT2D eigenvalue weighted by molar-refractivity contribution is 0.0945. The molecule has 0 bridgehead atoms. The third kappa shape index (κ3) is 4.63. The molecule has 128 valence electrons. The second-order valence-electron chi connectivity index (χ2n) is 5.46. The van der Waals surface area contributed by atoms with Gasteiger partial charge in [-0.25, -0.2) is 14.4 Å². The smallest absolute Gasteiger partial charge is 0.270 e. The molecule has 7 heteroatoms. The fraction of sp³-hybridized carbons (Fsp3) is 0.167. The highest BCUT2D eigenvalue weighted by Crippen LogP contribution is 2.09. The Kier molecular flexibility index (Phi) is 5.03. The Balaban J connectivity index is 1.64. The van der Waals surface area contributed by atoms with Crippen LogP contribution in [0, 0.1) is 12.7 Å². The van der Waals surface area contributed by atoms with E-state index in [4.69, 9.17) is 4.42 Å². The summed E-state index contributed by atoms with van der Waals surface area (Å²) in [6, 6.07) is 11.2. The van der Waals surface area contributed by atoms with Crippen LogP contribution in [-0.4, -0.2) is 15.9 Å². The highest BCUT2D eigenvalue weighted by molar-refractivity contribution is 5.92. The van der Waals surface area contributed by atoms with Gasteiger partial charge in [0.1, 0.15) is 17.3 Å². The van der Waals surface area contributed by atoms with Crippen LogP contribution in [-0.2, 0) is 13.1 Å². The maximum Gasteiger partial charge on any atom is 0.270 e. The van der Waals surface area contributed by atoms with E-state index < -0.39 is 0 Å². The standard InChI is InChI=1S/C18H17FN4O2/c1-12-9-16(17(24)20-10-13-4-6-14(19)7-5-13)23-18(22-12)21-11-15-3-2-8-25-15/h2-9H,10-11H2,1H3,(H,20,24)(H,21,22,23). The van der Waals surface area contributed by atoms with Gasteiger partial charge in [-0.3, -0.25) is 4.79 Å². The van der Waals surface area contributed by atoms with E-state index in [1.807, 2.05) is 6.07 Å². The number of carbonyl (C=O) groups excluding carboxylic acids is 1. The van der Waals surface area contributed by atoms with Crippen LogP contribution in [0.4, 0.5) is 10.3 Å². The molecular weight excluding hydrogens is 323 g/mol. The Labute approximate surface area is 144 Å². The molecule has 0 saturated heterocycles. The number of nitrogens with zero attached hydrogens (tertiary/aromatic N) is 2. The topological polar surface area (TPSA) is 80.0 Å². The molecule has 0 unspecified atom stereocenters. The van der Waals surface area contributed by atoms with Crippen molar-refractivity contribution < 1.29 is 13.6 Å². The normalized spacial score (nSPS) is 10.5. The molecule has 0 radical (unpaired) electrons. The van der Waals surface area contributed by atoms with Gasteiger partial charge in [-0.15, -0.1) is 0 Å². The first-order valence-corrected chi connectivity index (χ1v) is 7.75. The molecule has 2 aromatic heterocycles. The van der Waals surface area contributed by atoms with E-state index in [0.717, 1.165) is 11.3 Å². The van der Waals surface area contributed by atoms with Crippen LogP contribution >= 0.6 is 0 Å². The summed E-state index contributed by atoms with van der Waals surface area (Å²) in [5, 5.41) is 5.79. The molecule has 0 aliphatic carbocycles. The van der Waals surface area contributed by atoms with Gasteiger partial charge in [0.15, 0.2) is 0 Å². The van der Waals surface area contributed by atoms with Crippen molar-refractivity contribution >= 4 is 11.9 Å². The number of carbonyl (C=O) groups is 1. The number of benzene rings is 1. The average molecular weight is 340 g/mol. The number of halogens is 1. The van der Waals surface area contributed by atoms with E-state index in [9.17, 15) is 9.18 Å². The second-order valence-corrected chi connectivity index (χ2v) is 5.46. The van der Waals surface area contributed by atoms with Crippen molar-refractivity contribution in [3.05, 3.63) is 77.3 Å². The molecule has 0 aliphatic rings. The number of nitrogens with one attached hydrogen (secondary N) is 2. The minimum atomic E-state index is -0.323. The van der Waals surface area contributed by atoms with Crippen molar-refractivity contribution in [3.8, 4) is 0 Å². The molecule has 0 saturated carbocycles. The highest BCUT2D eigenvalue weighted by atomic mass is 19.1. The summed E-state index contributed by atoms with van der Waals surface area (Å²) in [4.78, 5) is 20.8. The van der Waals surface area contributed by atoms with E-state index in [0.29, 0.717) is 18.2 Å². The fourth-order valence-corrected chi connectivity index (χ4v) is 2.22. The van der Waals surface area contributed by atoms with Gasteiger partial charge in [0.05, 0.1) is 12.8 Å². The number of anilines is 1. The first-order valence-electron chi connectivity index (χ1n) is 7.75. The van der Waals surface area contributed by atoms with E-state index in [-0.39, 0.29) is 24.0 Å². The number of aryl methyl sites for hydroxylation is 1. The van der Waals surface area contributed by atoms with Crippen LogP contribution < -0.4 is 10.6 Å². The number of hydrogen-bond acceptors (Lipinski definition) is 5. The van der Waals surface area contributed by atoms with Crippen molar-refractivity contribution in [2.75, 3.05) is 5.32 Å². The number of rotatable bonds is 6. The van der Waals surface area contributed by atoms with Crippen LogP contribution in [0.2, 0.25) is 0 Å². The fourth-order valence-electron chi connectivity index (χ4n) is 2.22.